The molecule has 0 saturated carbocycles. The molecular formula is C23H22N2O2. The smallest absolute Gasteiger partial charge is 0.271 e. The third-order valence-electron chi connectivity index (χ3n) is 4.13. The summed E-state index contributed by atoms with van der Waals surface area (Å²) in [5, 5.41) is 4.20. The van der Waals surface area contributed by atoms with Crippen LogP contribution in [0.25, 0.3) is 0 Å². The molecule has 0 spiro atoms. The quantitative estimate of drug-likeness (QED) is 0.512. The monoisotopic (exact) mass is 358 g/mol. The lowest BCUT2D eigenvalue weighted by Gasteiger charge is -2.08. The predicted molar refractivity (Wildman–Crippen MR) is 108 cm³/mol. The van der Waals surface area contributed by atoms with Crippen molar-refractivity contribution in [2.45, 2.75) is 20.5 Å². The van der Waals surface area contributed by atoms with Crippen molar-refractivity contribution in [3.8, 4) is 5.75 Å². The molecule has 0 aromatic heterocycles. The van der Waals surface area contributed by atoms with Crippen LogP contribution in [0.2, 0.25) is 0 Å². The van der Waals surface area contributed by atoms with Gasteiger partial charge in [-0.1, -0.05) is 48.0 Å². The van der Waals surface area contributed by atoms with Gasteiger partial charge in [0.15, 0.2) is 0 Å². The molecule has 3 aromatic carbocycles. The van der Waals surface area contributed by atoms with Crippen molar-refractivity contribution in [3.05, 3.63) is 101 Å². The Kier molecular flexibility index (Phi) is 6.00. The van der Waals surface area contributed by atoms with E-state index in [0.717, 1.165) is 28.2 Å². The van der Waals surface area contributed by atoms with Gasteiger partial charge in [0, 0.05) is 5.56 Å². The van der Waals surface area contributed by atoms with Crippen LogP contribution < -0.4 is 10.2 Å². The Morgan fingerprint density at radius 3 is 2.37 bits per heavy atom. The number of rotatable bonds is 6. The third-order valence-corrected chi connectivity index (χ3v) is 4.13. The van der Waals surface area contributed by atoms with E-state index in [2.05, 4.69) is 10.5 Å². The Morgan fingerprint density at radius 2 is 1.67 bits per heavy atom. The van der Waals surface area contributed by atoms with Crippen LogP contribution in [0.5, 0.6) is 5.75 Å². The van der Waals surface area contributed by atoms with Crippen LogP contribution in [0.15, 0.2) is 84.0 Å². The second-order valence-electron chi connectivity index (χ2n) is 6.31. The number of nitrogens with zero attached hydrogens (tertiary/aromatic N) is 1. The van der Waals surface area contributed by atoms with E-state index in [1.54, 1.807) is 6.07 Å². The van der Waals surface area contributed by atoms with Crippen LogP contribution >= 0.6 is 0 Å². The van der Waals surface area contributed by atoms with Gasteiger partial charge in [0.1, 0.15) is 12.4 Å². The highest BCUT2D eigenvalue weighted by molar-refractivity contribution is 6.00. The van der Waals surface area contributed by atoms with Gasteiger partial charge in [-0.05, 0) is 61.4 Å². The molecule has 1 amide bonds. The standard InChI is InChI=1S/C23H22N2O2/c1-17-7-6-10-21(15-17)23(26)25-24-18(2)20-11-13-22(14-12-20)27-16-19-8-4-3-5-9-19/h3-15H,16H2,1-2H3,(H,25,26). The first-order valence-electron chi connectivity index (χ1n) is 8.80. The third kappa shape index (κ3) is 5.28. The van der Waals surface area contributed by atoms with Crippen molar-refractivity contribution >= 4 is 11.6 Å². The number of hydrazone groups is 1. The number of carbonyl (C=O) groups is 1. The molecule has 0 fully saturated rings. The fourth-order valence-electron chi connectivity index (χ4n) is 2.58. The van der Waals surface area contributed by atoms with Gasteiger partial charge in [-0.15, -0.1) is 0 Å². The van der Waals surface area contributed by atoms with Gasteiger partial charge in [-0.25, -0.2) is 5.43 Å². The summed E-state index contributed by atoms with van der Waals surface area (Å²) < 4.78 is 5.78. The summed E-state index contributed by atoms with van der Waals surface area (Å²) in [5.74, 6) is 0.570. The maximum atomic E-state index is 12.2. The molecule has 3 aromatic rings. The van der Waals surface area contributed by atoms with E-state index in [1.165, 1.54) is 0 Å². The molecule has 4 nitrogen and oxygen atoms in total. The summed E-state index contributed by atoms with van der Waals surface area (Å²) in [6, 6.07) is 25.1. The van der Waals surface area contributed by atoms with Crippen LogP contribution in [0, 0.1) is 6.92 Å². The molecule has 0 unspecified atom stereocenters. The second-order valence-corrected chi connectivity index (χ2v) is 6.31. The Hall–Kier alpha value is -3.40. The highest BCUT2D eigenvalue weighted by Crippen LogP contribution is 2.15. The predicted octanol–water partition coefficient (Wildman–Crippen LogP) is 4.73. The van der Waals surface area contributed by atoms with Crippen molar-refractivity contribution in [1.29, 1.82) is 0 Å². The van der Waals surface area contributed by atoms with E-state index in [-0.39, 0.29) is 5.91 Å². The minimum absolute atomic E-state index is 0.221. The van der Waals surface area contributed by atoms with E-state index in [9.17, 15) is 4.79 Å². The molecule has 0 aliphatic carbocycles. The normalized spacial score (nSPS) is 11.1. The molecule has 27 heavy (non-hydrogen) atoms. The molecule has 0 radical (unpaired) electrons. The van der Waals surface area contributed by atoms with Gasteiger partial charge in [0.05, 0.1) is 5.71 Å². The van der Waals surface area contributed by atoms with E-state index in [4.69, 9.17) is 4.74 Å². The minimum Gasteiger partial charge on any atom is -0.489 e. The number of benzene rings is 3. The van der Waals surface area contributed by atoms with Crippen molar-refractivity contribution in [2.24, 2.45) is 5.10 Å². The molecule has 136 valence electrons. The number of hydrogen-bond acceptors (Lipinski definition) is 3. The van der Waals surface area contributed by atoms with Crippen LogP contribution in [-0.4, -0.2) is 11.6 Å². The lowest BCUT2D eigenvalue weighted by atomic mass is 10.1. The first-order valence-corrected chi connectivity index (χ1v) is 8.80. The number of hydrogen-bond donors (Lipinski definition) is 1. The second kappa shape index (κ2) is 8.81. The summed E-state index contributed by atoms with van der Waals surface area (Å²) in [4.78, 5) is 12.2. The molecule has 1 N–H and O–H groups in total. The largest absolute Gasteiger partial charge is 0.489 e. The fraction of sp³-hybridized carbons (Fsp3) is 0.130. The van der Waals surface area contributed by atoms with E-state index >= 15 is 0 Å². The molecule has 3 rings (SSSR count). The topological polar surface area (TPSA) is 50.7 Å². The number of amides is 1. The van der Waals surface area contributed by atoms with Crippen LogP contribution in [0.4, 0.5) is 0 Å². The van der Waals surface area contributed by atoms with E-state index in [0.29, 0.717) is 12.2 Å². The molecule has 0 saturated heterocycles. The zero-order valence-electron chi connectivity index (χ0n) is 15.5. The summed E-state index contributed by atoms with van der Waals surface area (Å²) in [6.45, 7) is 4.34. The molecule has 0 heterocycles. The minimum atomic E-state index is -0.221. The van der Waals surface area contributed by atoms with E-state index in [1.807, 2.05) is 86.6 Å². The lowest BCUT2D eigenvalue weighted by Crippen LogP contribution is -2.19. The van der Waals surface area contributed by atoms with Gasteiger partial charge in [0.25, 0.3) is 5.91 Å². The van der Waals surface area contributed by atoms with Crippen molar-refractivity contribution in [3.63, 3.8) is 0 Å². The number of aryl methyl sites for hydroxylation is 1. The van der Waals surface area contributed by atoms with Gasteiger partial charge in [-0.2, -0.15) is 5.10 Å². The van der Waals surface area contributed by atoms with Gasteiger partial charge in [0.2, 0.25) is 0 Å². The molecule has 0 atom stereocenters. The fourth-order valence-corrected chi connectivity index (χ4v) is 2.58. The zero-order chi connectivity index (χ0) is 19.1. The first-order chi connectivity index (χ1) is 13.1. The van der Waals surface area contributed by atoms with Gasteiger partial charge >= 0.3 is 0 Å². The van der Waals surface area contributed by atoms with Crippen LogP contribution in [0.1, 0.15) is 34.0 Å². The Morgan fingerprint density at radius 1 is 0.926 bits per heavy atom. The molecule has 0 aliphatic heterocycles. The Labute approximate surface area is 159 Å². The summed E-state index contributed by atoms with van der Waals surface area (Å²) in [7, 11) is 0. The van der Waals surface area contributed by atoms with Crippen LogP contribution in [0.3, 0.4) is 0 Å². The van der Waals surface area contributed by atoms with Gasteiger partial charge in [-0.3, -0.25) is 4.79 Å². The maximum absolute atomic E-state index is 12.2. The number of carbonyl (C=O) groups excluding carboxylic acids is 1. The molecule has 0 bridgehead atoms. The molecule has 0 aliphatic rings. The Bertz CT molecular complexity index is 932. The lowest BCUT2D eigenvalue weighted by molar-refractivity contribution is 0.0954. The van der Waals surface area contributed by atoms with Crippen molar-refractivity contribution in [2.75, 3.05) is 0 Å². The highest BCUT2D eigenvalue weighted by Gasteiger charge is 2.05. The summed E-state index contributed by atoms with van der Waals surface area (Å²) in [6.07, 6.45) is 0. The van der Waals surface area contributed by atoms with Crippen LogP contribution in [-0.2, 0) is 6.61 Å². The summed E-state index contributed by atoms with van der Waals surface area (Å²) in [5.41, 5.74) is 7.01. The van der Waals surface area contributed by atoms with E-state index < -0.39 is 0 Å². The SMILES string of the molecule is CC(=NNC(=O)c1cccc(C)c1)c1ccc(OCc2ccccc2)cc1. The Balaban J connectivity index is 1.58. The number of ether oxygens (including phenoxy) is 1. The molecule has 4 heteroatoms. The highest BCUT2D eigenvalue weighted by atomic mass is 16.5. The first kappa shape index (κ1) is 18.4. The number of nitrogens with one attached hydrogen (secondary N) is 1. The zero-order valence-corrected chi connectivity index (χ0v) is 15.5. The van der Waals surface area contributed by atoms with Gasteiger partial charge < -0.3 is 4.74 Å². The summed E-state index contributed by atoms with van der Waals surface area (Å²) >= 11 is 0. The average molecular weight is 358 g/mol. The average Bonchev–Trinajstić information content (AvgIpc) is 2.71. The van der Waals surface area contributed by atoms with Crippen molar-refractivity contribution in [1.82, 2.24) is 5.43 Å². The van der Waals surface area contributed by atoms with Crippen molar-refractivity contribution < 1.29 is 9.53 Å². The maximum Gasteiger partial charge on any atom is 0.271 e. The molecular weight excluding hydrogens is 336 g/mol.